The van der Waals surface area contributed by atoms with E-state index in [4.69, 9.17) is 4.98 Å². The van der Waals surface area contributed by atoms with Crippen LogP contribution in [0.3, 0.4) is 0 Å². The Labute approximate surface area is 208 Å². The first-order valence-corrected chi connectivity index (χ1v) is 12.8. The number of carbonyl (C=O) groups is 3. The summed E-state index contributed by atoms with van der Waals surface area (Å²) in [5.74, 6) is -0.643. The number of fused-ring (bicyclic) bond motifs is 1. The molecule has 2 saturated heterocycles. The Bertz CT molecular complexity index is 1280. The number of carbonyl (C=O) groups excluding carboxylic acids is 3. The number of aryl methyl sites for hydroxylation is 2. The number of nitrogens with zero attached hydrogens (tertiary/aromatic N) is 4. The van der Waals surface area contributed by atoms with Gasteiger partial charge in [0.15, 0.2) is 5.13 Å². The summed E-state index contributed by atoms with van der Waals surface area (Å²) in [6.07, 6.45) is 0.446. The molecule has 3 heterocycles. The Hall–Kier alpha value is -3.30. The summed E-state index contributed by atoms with van der Waals surface area (Å²) in [6, 6.07) is 11.1. The van der Waals surface area contributed by atoms with Gasteiger partial charge in [-0.2, -0.15) is 0 Å². The molecule has 3 amide bonds. The molecule has 8 nitrogen and oxygen atoms in total. The molecule has 2 aliphatic heterocycles. The highest BCUT2D eigenvalue weighted by Gasteiger charge is 2.30. The van der Waals surface area contributed by atoms with Crippen LogP contribution >= 0.6 is 11.3 Å². The van der Waals surface area contributed by atoms with Crippen LogP contribution in [0.15, 0.2) is 36.4 Å². The number of benzene rings is 2. The van der Waals surface area contributed by atoms with Gasteiger partial charge in [-0.05, 0) is 49.2 Å². The molecule has 2 aliphatic rings. The molecule has 1 aromatic heterocycles. The molecule has 0 aliphatic carbocycles. The number of hydrogen-bond acceptors (Lipinski definition) is 7. The van der Waals surface area contributed by atoms with Crippen LogP contribution in [0.1, 0.15) is 34.3 Å². The number of anilines is 2. The average Bonchev–Trinajstić information content (AvgIpc) is 3.42. The molecule has 1 N–H and O–H groups in total. The van der Waals surface area contributed by atoms with Crippen LogP contribution in [0.5, 0.6) is 0 Å². The van der Waals surface area contributed by atoms with Gasteiger partial charge in [-0.25, -0.2) is 4.98 Å². The lowest BCUT2D eigenvalue weighted by molar-refractivity contribution is -0.121. The Morgan fingerprint density at radius 3 is 2.51 bits per heavy atom. The van der Waals surface area contributed by atoms with E-state index in [-0.39, 0.29) is 30.6 Å². The summed E-state index contributed by atoms with van der Waals surface area (Å²) in [5.41, 5.74) is 4.50. The van der Waals surface area contributed by atoms with Crippen LogP contribution in [0.4, 0.5) is 10.8 Å². The second-order valence-corrected chi connectivity index (χ2v) is 10.2. The van der Waals surface area contributed by atoms with Crippen LogP contribution in [0.25, 0.3) is 10.2 Å². The largest absolute Gasteiger partial charge is 0.351 e. The third-order valence-corrected chi connectivity index (χ3v) is 7.85. The van der Waals surface area contributed by atoms with Gasteiger partial charge in [0.1, 0.15) is 0 Å². The van der Waals surface area contributed by atoms with Crippen molar-refractivity contribution < 1.29 is 14.4 Å². The van der Waals surface area contributed by atoms with Gasteiger partial charge in [0.2, 0.25) is 11.8 Å². The van der Waals surface area contributed by atoms with E-state index in [0.717, 1.165) is 43.4 Å². The number of rotatable bonds is 6. The van der Waals surface area contributed by atoms with Gasteiger partial charge >= 0.3 is 0 Å². The number of imide groups is 1. The zero-order valence-electron chi connectivity index (χ0n) is 20.0. The summed E-state index contributed by atoms with van der Waals surface area (Å²) in [6.45, 7) is 9.19. The average molecular weight is 492 g/mol. The normalized spacial score (nSPS) is 17.0. The molecule has 2 fully saturated rings. The van der Waals surface area contributed by atoms with Crippen LogP contribution < -0.4 is 15.1 Å². The molecule has 0 radical (unpaired) electrons. The second kappa shape index (κ2) is 9.75. The van der Waals surface area contributed by atoms with Gasteiger partial charge < -0.3 is 10.2 Å². The molecule has 9 heteroatoms. The fraction of sp³-hybridized carbons (Fsp3) is 0.385. The number of amides is 3. The fourth-order valence-electron chi connectivity index (χ4n) is 4.74. The van der Waals surface area contributed by atoms with Crippen molar-refractivity contribution in [3.05, 3.63) is 53.1 Å². The molecule has 35 heavy (non-hydrogen) atoms. The van der Waals surface area contributed by atoms with Crippen molar-refractivity contribution in [2.45, 2.75) is 26.7 Å². The number of aromatic nitrogens is 1. The maximum absolute atomic E-state index is 12.7. The van der Waals surface area contributed by atoms with Crippen molar-refractivity contribution in [2.24, 2.45) is 0 Å². The van der Waals surface area contributed by atoms with Crippen LogP contribution in [-0.2, 0) is 9.59 Å². The van der Waals surface area contributed by atoms with E-state index in [1.165, 1.54) is 20.7 Å². The number of piperazine rings is 1. The van der Waals surface area contributed by atoms with Gasteiger partial charge in [0.05, 0.1) is 15.9 Å². The lowest BCUT2D eigenvalue weighted by Crippen LogP contribution is -2.48. The third kappa shape index (κ3) is 4.92. The minimum absolute atomic E-state index is 0.204. The van der Waals surface area contributed by atoms with Gasteiger partial charge in [-0.1, -0.05) is 23.5 Å². The molecule has 5 rings (SSSR count). The molecule has 0 bridgehead atoms. The molecular formula is C26H29N5O3S. The minimum Gasteiger partial charge on any atom is -0.351 e. The zero-order valence-corrected chi connectivity index (χ0v) is 20.9. The lowest BCUT2D eigenvalue weighted by Gasteiger charge is -2.34. The number of thiazole rings is 1. The highest BCUT2D eigenvalue weighted by atomic mass is 32.1. The first-order valence-electron chi connectivity index (χ1n) is 12.0. The summed E-state index contributed by atoms with van der Waals surface area (Å²) >= 11 is 1.76. The van der Waals surface area contributed by atoms with Crippen LogP contribution in [-0.4, -0.2) is 66.9 Å². The van der Waals surface area contributed by atoms with Gasteiger partial charge in [0.25, 0.3) is 5.91 Å². The zero-order chi connectivity index (χ0) is 24.5. The van der Waals surface area contributed by atoms with Crippen molar-refractivity contribution in [3.63, 3.8) is 0 Å². The SMILES string of the molecule is Cc1cc(C)c2sc(N3CCN(CCNC(=O)c4cccc(N5C(=O)CCC5=O)c4)CC3)nc2c1. The van der Waals surface area contributed by atoms with E-state index in [1.807, 2.05) is 0 Å². The maximum Gasteiger partial charge on any atom is 0.251 e. The van der Waals surface area contributed by atoms with E-state index >= 15 is 0 Å². The van der Waals surface area contributed by atoms with Gasteiger partial charge in [-0.3, -0.25) is 24.2 Å². The number of hydrogen-bond donors (Lipinski definition) is 1. The van der Waals surface area contributed by atoms with Gasteiger partial charge in [-0.15, -0.1) is 0 Å². The molecule has 0 spiro atoms. The molecule has 0 saturated carbocycles. The second-order valence-electron chi connectivity index (χ2n) is 9.18. The van der Waals surface area contributed by atoms with E-state index in [0.29, 0.717) is 17.8 Å². The predicted octanol–water partition coefficient (Wildman–Crippen LogP) is 3.12. The first-order chi connectivity index (χ1) is 16.9. The summed E-state index contributed by atoms with van der Waals surface area (Å²) in [7, 11) is 0. The highest BCUT2D eigenvalue weighted by Crippen LogP contribution is 2.32. The van der Waals surface area contributed by atoms with Gasteiger partial charge in [0, 0.05) is 57.7 Å². The Morgan fingerprint density at radius 1 is 1.03 bits per heavy atom. The fourth-order valence-corrected chi connectivity index (χ4v) is 5.81. The minimum atomic E-state index is -0.220. The molecule has 2 aromatic carbocycles. The lowest BCUT2D eigenvalue weighted by atomic mass is 10.1. The molecule has 0 unspecified atom stereocenters. The molecule has 3 aromatic rings. The van der Waals surface area contributed by atoms with Crippen molar-refractivity contribution >= 4 is 50.1 Å². The van der Waals surface area contributed by atoms with E-state index in [2.05, 4.69) is 41.1 Å². The van der Waals surface area contributed by atoms with Crippen molar-refractivity contribution in [1.29, 1.82) is 0 Å². The third-order valence-electron chi connectivity index (χ3n) is 6.58. The predicted molar refractivity (Wildman–Crippen MR) is 138 cm³/mol. The summed E-state index contributed by atoms with van der Waals surface area (Å²) in [5, 5.41) is 4.05. The standard InChI is InChI=1S/C26H29N5O3S/c1-17-14-18(2)24-21(15-17)28-26(35-24)30-12-10-29(11-13-30)9-8-27-25(34)19-4-3-5-20(16-19)31-22(32)6-7-23(31)33/h3-5,14-16H,6-13H2,1-2H3,(H,27,34). The highest BCUT2D eigenvalue weighted by molar-refractivity contribution is 7.22. The molecule has 182 valence electrons. The van der Waals surface area contributed by atoms with Crippen LogP contribution in [0.2, 0.25) is 0 Å². The Balaban J connectivity index is 1.12. The Kier molecular flexibility index (Phi) is 6.53. The first kappa shape index (κ1) is 23.4. The molecular weight excluding hydrogens is 462 g/mol. The number of nitrogens with one attached hydrogen (secondary N) is 1. The summed E-state index contributed by atoms with van der Waals surface area (Å²) in [4.78, 5) is 47.4. The quantitative estimate of drug-likeness (QED) is 0.534. The van der Waals surface area contributed by atoms with E-state index in [1.54, 1.807) is 35.6 Å². The topological polar surface area (TPSA) is 85.9 Å². The van der Waals surface area contributed by atoms with Crippen molar-refractivity contribution in [1.82, 2.24) is 15.2 Å². The monoisotopic (exact) mass is 491 g/mol. The van der Waals surface area contributed by atoms with E-state index in [9.17, 15) is 14.4 Å². The van der Waals surface area contributed by atoms with Crippen LogP contribution in [0, 0.1) is 13.8 Å². The maximum atomic E-state index is 12.7. The van der Waals surface area contributed by atoms with E-state index < -0.39 is 0 Å². The summed E-state index contributed by atoms with van der Waals surface area (Å²) < 4.78 is 1.26. The van der Waals surface area contributed by atoms with Crippen molar-refractivity contribution in [2.75, 3.05) is 49.1 Å². The Morgan fingerprint density at radius 2 is 1.77 bits per heavy atom. The smallest absolute Gasteiger partial charge is 0.251 e. The van der Waals surface area contributed by atoms with Crippen molar-refractivity contribution in [3.8, 4) is 0 Å². The molecule has 0 atom stereocenters.